The maximum absolute atomic E-state index is 6.17. The van der Waals surface area contributed by atoms with Crippen molar-refractivity contribution in [2.45, 2.75) is 6.42 Å². The van der Waals surface area contributed by atoms with E-state index in [-0.39, 0.29) is 0 Å². The Morgan fingerprint density at radius 3 is 2.07 bits per heavy atom. The molecule has 4 rings (SSSR count). The van der Waals surface area contributed by atoms with Gasteiger partial charge < -0.3 is 14.2 Å². The zero-order valence-corrected chi connectivity index (χ0v) is 19.3. The topological polar surface area (TPSA) is 39.0 Å². The third-order valence-corrected chi connectivity index (χ3v) is 4.29. The van der Waals surface area contributed by atoms with E-state index >= 15 is 0 Å². The van der Waals surface area contributed by atoms with Crippen LogP contribution in [0, 0.1) is 0 Å². The van der Waals surface area contributed by atoms with Crippen LogP contribution >= 0.6 is 40.4 Å². The van der Waals surface area contributed by atoms with Gasteiger partial charge in [0, 0.05) is 12.5 Å². The molecule has 0 aliphatic heterocycles. The first kappa shape index (κ1) is 21.6. The van der Waals surface area contributed by atoms with Crippen LogP contribution in [0.4, 0.5) is 0 Å². The van der Waals surface area contributed by atoms with Crippen LogP contribution < -0.4 is 14.2 Å². The molecule has 28 heavy (non-hydrogen) atoms. The Bertz CT molecular complexity index is 1010. The van der Waals surface area contributed by atoms with Gasteiger partial charge >= 0.3 is 60.9 Å². The van der Waals surface area contributed by atoms with E-state index in [0.29, 0.717) is 11.5 Å². The summed E-state index contributed by atoms with van der Waals surface area (Å²) in [6.45, 7) is 0. The van der Waals surface area contributed by atoms with Crippen molar-refractivity contribution in [1.29, 1.82) is 0 Å². The van der Waals surface area contributed by atoms with E-state index in [1.54, 1.807) is 21.3 Å². The molecule has 9 heteroatoms. The predicted octanol–water partition coefficient (Wildman–Crippen LogP) is 7.07. The van der Waals surface area contributed by atoms with Crippen molar-refractivity contribution in [2.24, 2.45) is 0 Å². The SMILES string of the molecule is COc1ccc2c(c1)Cc1cc3cc(OC)c(OC)cc3[o+]c1-2.[Cl][Fe-]([Cl])([Cl])[Cl]. The molecule has 0 bridgehead atoms. The van der Waals surface area contributed by atoms with E-state index in [4.69, 9.17) is 59.0 Å². The van der Waals surface area contributed by atoms with E-state index in [1.807, 2.05) is 18.2 Å². The van der Waals surface area contributed by atoms with Crippen LogP contribution in [0.25, 0.3) is 22.3 Å². The summed E-state index contributed by atoms with van der Waals surface area (Å²) in [7, 11) is 22.1. The molecule has 0 amide bonds. The maximum atomic E-state index is 6.17. The van der Waals surface area contributed by atoms with Crippen LogP contribution in [-0.2, 0) is 15.6 Å². The molecule has 1 aromatic heterocycles. The second-order valence-corrected chi connectivity index (χ2v) is 16.8. The minimum absolute atomic E-state index is 0.664. The molecule has 0 unspecified atom stereocenters. The van der Waals surface area contributed by atoms with Crippen molar-refractivity contribution in [3.63, 3.8) is 0 Å². The van der Waals surface area contributed by atoms with Gasteiger partial charge in [-0.2, -0.15) is 0 Å². The Morgan fingerprint density at radius 2 is 1.46 bits per heavy atom. The first-order chi connectivity index (χ1) is 13.2. The fourth-order valence-corrected chi connectivity index (χ4v) is 3.14. The van der Waals surface area contributed by atoms with Crippen molar-refractivity contribution >= 4 is 51.4 Å². The summed E-state index contributed by atoms with van der Waals surface area (Å²) in [4.78, 5) is 0. The van der Waals surface area contributed by atoms with Gasteiger partial charge in [-0.3, -0.25) is 0 Å². The first-order valence-corrected chi connectivity index (χ1v) is 14.0. The van der Waals surface area contributed by atoms with Gasteiger partial charge in [0.25, 0.3) is 0 Å². The molecule has 0 N–H and O–H groups in total. The quantitative estimate of drug-likeness (QED) is 0.220. The Labute approximate surface area is 182 Å². The molecule has 0 saturated carbocycles. The second kappa shape index (κ2) is 8.74. The fraction of sp³-hybridized carbons (Fsp3) is 0.211. The van der Waals surface area contributed by atoms with Crippen molar-refractivity contribution in [1.82, 2.24) is 0 Å². The van der Waals surface area contributed by atoms with Gasteiger partial charge in [0.05, 0.1) is 43.9 Å². The number of rotatable bonds is 3. The van der Waals surface area contributed by atoms with Gasteiger partial charge in [-0.1, -0.05) is 0 Å². The number of halogens is 4. The van der Waals surface area contributed by atoms with E-state index in [2.05, 4.69) is 18.2 Å². The van der Waals surface area contributed by atoms with E-state index in [0.717, 1.165) is 34.5 Å². The third kappa shape index (κ3) is 4.91. The Balaban J connectivity index is 0.000000403. The summed E-state index contributed by atoms with van der Waals surface area (Å²) in [5.41, 5.74) is 4.30. The average molecular weight is 507 g/mol. The standard InChI is InChI=1S/C19H17O4.4ClH.Fe/c1-20-14-4-5-15-11(8-14)6-13-7-12-9-17(21-2)18(22-3)10-16(12)23-19(13)15;;;;;/h4-5,7-10H,6H2,1-3H3;4*1H;/q+1;;;;;+3/p-4. The monoisotopic (exact) mass is 505 g/mol. The molecule has 2 aromatic carbocycles. The molecular formula is C19H17Cl4FeO4. The summed E-state index contributed by atoms with van der Waals surface area (Å²) in [5, 5.41) is 1.00. The number of methoxy groups -OCH3 is 3. The molecule has 0 radical (unpaired) electrons. The Morgan fingerprint density at radius 1 is 0.821 bits per heavy atom. The normalized spacial score (nSPS) is 12.5. The van der Waals surface area contributed by atoms with Gasteiger partial charge in [0.2, 0.25) is 0 Å². The zero-order valence-electron chi connectivity index (χ0n) is 15.2. The van der Waals surface area contributed by atoms with Crippen LogP contribution in [0.1, 0.15) is 11.1 Å². The van der Waals surface area contributed by atoms with E-state index in [1.165, 1.54) is 11.1 Å². The molecule has 153 valence electrons. The van der Waals surface area contributed by atoms with Gasteiger partial charge in [0.1, 0.15) is 5.75 Å². The summed E-state index contributed by atoms with van der Waals surface area (Å²) in [6.07, 6.45) is 0.843. The number of benzene rings is 2. The minimum atomic E-state index is -2.61. The Kier molecular flexibility index (Phi) is 6.76. The van der Waals surface area contributed by atoms with Crippen molar-refractivity contribution in [2.75, 3.05) is 21.3 Å². The molecular weight excluding hydrogens is 490 g/mol. The van der Waals surface area contributed by atoms with Crippen LogP contribution in [-0.4, -0.2) is 21.3 Å². The fourth-order valence-electron chi connectivity index (χ4n) is 3.14. The number of hydrogen-bond donors (Lipinski definition) is 0. The van der Waals surface area contributed by atoms with E-state index in [9.17, 15) is 0 Å². The van der Waals surface area contributed by atoms with Gasteiger partial charge in [-0.25, -0.2) is 4.42 Å². The zero-order chi connectivity index (χ0) is 20.5. The van der Waals surface area contributed by atoms with Crippen LogP contribution in [0.3, 0.4) is 0 Å². The van der Waals surface area contributed by atoms with Crippen molar-refractivity contribution in [3.05, 3.63) is 47.5 Å². The molecule has 0 atom stereocenters. The molecule has 0 spiro atoms. The van der Waals surface area contributed by atoms with Gasteiger partial charge in [-0.15, -0.1) is 0 Å². The third-order valence-electron chi connectivity index (χ3n) is 4.29. The predicted molar refractivity (Wildman–Crippen MR) is 112 cm³/mol. The van der Waals surface area contributed by atoms with Crippen molar-refractivity contribution < 1.29 is 27.8 Å². The van der Waals surface area contributed by atoms with Crippen LogP contribution in [0.15, 0.2) is 40.8 Å². The molecule has 0 saturated heterocycles. The molecule has 3 aromatic rings. The molecule has 1 heterocycles. The van der Waals surface area contributed by atoms with Gasteiger partial charge in [0.15, 0.2) is 11.5 Å². The Hall–Kier alpha value is -1.07. The van der Waals surface area contributed by atoms with Crippen LogP contribution in [0.5, 0.6) is 17.2 Å². The summed E-state index contributed by atoms with van der Waals surface area (Å²) < 4.78 is 22.2. The summed E-state index contributed by atoms with van der Waals surface area (Å²) in [6, 6.07) is 12.1. The molecule has 4 nitrogen and oxygen atoms in total. The van der Waals surface area contributed by atoms with Crippen molar-refractivity contribution in [3.8, 4) is 28.6 Å². The number of ether oxygens (including phenoxy) is 3. The van der Waals surface area contributed by atoms with E-state index < -0.39 is 9.20 Å². The average Bonchev–Trinajstić information content (AvgIpc) is 2.99. The number of fused-ring (bicyclic) bond motifs is 4. The number of hydrogen-bond acceptors (Lipinski definition) is 3. The summed E-state index contributed by atoms with van der Waals surface area (Å²) >= 11 is 0. The van der Waals surface area contributed by atoms with Crippen LogP contribution in [0.2, 0.25) is 0 Å². The van der Waals surface area contributed by atoms with Gasteiger partial charge in [-0.05, 0) is 29.8 Å². The molecule has 0 fully saturated rings. The summed E-state index contributed by atoms with van der Waals surface area (Å²) in [5.74, 6) is 3.15. The molecule has 1 aliphatic carbocycles. The second-order valence-electron chi connectivity index (χ2n) is 5.85. The first-order valence-electron chi connectivity index (χ1n) is 7.96. The molecule has 1 aliphatic rings.